The molecule has 25 heavy (non-hydrogen) atoms. The topological polar surface area (TPSA) is 54.5 Å². The van der Waals surface area contributed by atoms with Gasteiger partial charge in [-0.3, -0.25) is 0 Å². The Morgan fingerprint density at radius 3 is 2.76 bits per heavy atom. The summed E-state index contributed by atoms with van der Waals surface area (Å²) < 4.78 is 1.93. The molecule has 5 heteroatoms. The highest BCUT2D eigenvalue weighted by Crippen LogP contribution is 2.23. The first kappa shape index (κ1) is 15.4. The van der Waals surface area contributed by atoms with Gasteiger partial charge in [-0.1, -0.05) is 35.9 Å². The summed E-state index contributed by atoms with van der Waals surface area (Å²) in [6, 6.07) is 19.5. The standard InChI is InChI=1S/C20H13ClN4/c1-25-19-9-7-15(21)11-18(19)24-20(25)10-14(12-22)17-8-6-13-4-2-3-5-16(13)23-17/h2-11H,1H3. The summed E-state index contributed by atoms with van der Waals surface area (Å²) in [6.07, 6.45) is 1.75. The lowest BCUT2D eigenvalue weighted by Gasteiger charge is -2.02. The van der Waals surface area contributed by atoms with Gasteiger partial charge in [0.25, 0.3) is 0 Å². The van der Waals surface area contributed by atoms with Gasteiger partial charge in [-0.25, -0.2) is 9.97 Å². The minimum atomic E-state index is 0.468. The second kappa shape index (κ2) is 6.04. The SMILES string of the molecule is Cn1c(C=C(C#N)c2ccc3ccccc3n2)nc2cc(Cl)ccc21. The molecule has 0 bridgehead atoms. The molecule has 2 heterocycles. The van der Waals surface area contributed by atoms with Crippen molar-refractivity contribution < 1.29 is 0 Å². The molecular weight excluding hydrogens is 332 g/mol. The number of nitrogens with zero attached hydrogens (tertiary/aromatic N) is 4. The molecule has 0 N–H and O–H groups in total. The van der Waals surface area contributed by atoms with Crippen molar-refractivity contribution in [3.05, 3.63) is 71.1 Å². The van der Waals surface area contributed by atoms with Crippen LogP contribution in [0.5, 0.6) is 0 Å². The predicted molar refractivity (Wildman–Crippen MR) is 101 cm³/mol. The molecule has 4 nitrogen and oxygen atoms in total. The van der Waals surface area contributed by atoms with Crippen LogP contribution < -0.4 is 0 Å². The number of fused-ring (bicyclic) bond motifs is 2. The van der Waals surface area contributed by atoms with Crippen molar-refractivity contribution in [1.82, 2.24) is 14.5 Å². The average molecular weight is 345 g/mol. The van der Waals surface area contributed by atoms with Crippen molar-refractivity contribution in [2.45, 2.75) is 0 Å². The molecule has 4 rings (SSSR count). The number of aryl methyl sites for hydroxylation is 1. The molecule has 4 aromatic rings. The van der Waals surface area contributed by atoms with Gasteiger partial charge in [-0.05, 0) is 30.3 Å². The summed E-state index contributed by atoms with van der Waals surface area (Å²) >= 11 is 6.04. The van der Waals surface area contributed by atoms with Crippen LogP contribution in [0.15, 0.2) is 54.6 Å². The largest absolute Gasteiger partial charge is 0.328 e. The van der Waals surface area contributed by atoms with E-state index in [0.29, 0.717) is 22.1 Å². The fourth-order valence-corrected chi connectivity index (χ4v) is 3.00. The molecule has 0 aliphatic carbocycles. The summed E-state index contributed by atoms with van der Waals surface area (Å²) in [4.78, 5) is 9.16. The van der Waals surface area contributed by atoms with E-state index in [-0.39, 0.29) is 0 Å². The summed E-state index contributed by atoms with van der Waals surface area (Å²) in [5, 5.41) is 11.3. The van der Waals surface area contributed by atoms with Gasteiger partial charge >= 0.3 is 0 Å². The highest BCUT2D eigenvalue weighted by atomic mass is 35.5. The molecule has 0 saturated heterocycles. The monoisotopic (exact) mass is 344 g/mol. The van der Waals surface area contributed by atoms with Crippen LogP contribution in [0.3, 0.4) is 0 Å². The Morgan fingerprint density at radius 2 is 1.92 bits per heavy atom. The average Bonchev–Trinajstić information content (AvgIpc) is 2.94. The Labute approximate surface area is 149 Å². The van der Waals surface area contributed by atoms with Gasteiger partial charge in [0.2, 0.25) is 0 Å². The van der Waals surface area contributed by atoms with E-state index in [9.17, 15) is 5.26 Å². The van der Waals surface area contributed by atoms with Crippen molar-refractivity contribution >= 4 is 45.2 Å². The Balaban J connectivity index is 1.85. The highest BCUT2D eigenvalue weighted by Gasteiger charge is 2.10. The number of benzene rings is 2. The number of imidazole rings is 1. The van der Waals surface area contributed by atoms with Crippen molar-refractivity contribution in [3.8, 4) is 6.07 Å². The number of aromatic nitrogens is 3. The molecule has 0 aliphatic rings. The number of para-hydroxylation sites is 1. The molecular formula is C20H13ClN4. The number of pyridine rings is 1. The van der Waals surface area contributed by atoms with Crippen LogP contribution in [0.1, 0.15) is 11.5 Å². The Kier molecular flexibility index (Phi) is 3.72. The van der Waals surface area contributed by atoms with Gasteiger partial charge in [-0.15, -0.1) is 0 Å². The summed E-state index contributed by atoms with van der Waals surface area (Å²) in [6.45, 7) is 0. The maximum atomic E-state index is 9.61. The third-order valence-corrected chi connectivity index (χ3v) is 4.38. The van der Waals surface area contributed by atoms with Crippen LogP contribution in [0.2, 0.25) is 5.02 Å². The zero-order valence-corrected chi connectivity index (χ0v) is 14.2. The molecule has 120 valence electrons. The van der Waals surface area contributed by atoms with Gasteiger partial charge in [0.15, 0.2) is 0 Å². The fourth-order valence-electron chi connectivity index (χ4n) is 2.83. The lowest BCUT2D eigenvalue weighted by molar-refractivity contribution is 0.930. The third-order valence-electron chi connectivity index (χ3n) is 4.15. The fraction of sp³-hybridized carbons (Fsp3) is 0.0500. The van der Waals surface area contributed by atoms with Gasteiger partial charge in [0.1, 0.15) is 11.9 Å². The van der Waals surface area contributed by atoms with Crippen LogP contribution in [0.25, 0.3) is 33.6 Å². The minimum Gasteiger partial charge on any atom is -0.328 e. The van der Waals surface area contributed by atoms with Crippen LogP contribution in [-0.4, -0.2) is 14.5 Å². The molecule has 0 spiro atoms. The summed E-state index contributed by atoms with van der Waals surface area (Å²) in [5.74, 6) is 0.684. The van der Waals surface area contributed by atoms with Crippen LogP contribution in [0, 0.1) is 11.3 Å². The Hall–Kier alpha value is -3.16. The molecule has 0 radical (unpaired) electrons. The van der Waals surface area contributed by atoms with E-state index in [1.165, 1.54) is 0 Å². The zero-order valence-electron chi connectivity index (χ0n) is 13.4. The van der Waals surface area contributed by atoms with Gasteiger partial charge in [0, 0.05) is 23.5 Å². The van der Waals surface area contributed by atoms with Gasteiger partial charge < -0.3 is 4.57 Å². The van der Waals surface area contributed by atoms with Crippen LogP contribution >= 0.6 is 11.6 Å². The van der Waals surface area contributed by atoms with E-state index in [2.05, 4.69) is 16.0 Å². The Bertz CT molecular complexity index is 1180. The van der Waals surface area contributed by atoms with Gasteiger partial charge in [0.05, 0.1) is 27.8 Å². The van der Waals surface area contributed by atoms with Crippen molar-refractivity contribution in [1.29, 1.82) is 5.26 Å². The number of hydrogen-bond acceptors (Lipinski definition) is 3. The van der Waals surface area contributed by atoms with E-state index >= 15 is 0 Å². The molecule has 0 saturated carbocycles. The predicted octanol–water partition coefficient (Wildman–Crippen LogP) is 4.84. The lowest BCUT2D eigenvalue weighted by Crippen LogP contribution is -1.94. The molecule has 0 fully saturated rings. The highest BCUT2D eigenvalue weighted by molar-refractivity contribution is 6.31. The zero-order chi connectivity index (χ0) is 17.4. The van der Waals surface area contributed by atoms with E-state index in [4.69, 9.17) is 11.6 Å². The van der Waals surface area contributed by atoms with E-state index in [1.807, 2.05) is 66.2 Å². The first-order chi connectivity index (χ1) is 12.2. The molecule has 2 aromatic heterocycles. The molecule has 0 aliphatic heterocycles. The molecule has 2 aromatic carbocycles. The van der Waals surface area contributed by atoms with Crippen molar-refractivity contribution in [3.63, 3.8) is 0 Å². The molecule has 0 unspecified atom stereocenters. The quantitative estimate of drug-likeness (QED) is 0.489. The number of rotatable bonds is 2. The Morgan fingerprint density at radius 1 is 1.08 bits per heavy atom. The number of halogens is 1. The lowest BCUT2D eigenvalue weighted by atomic mass is 10.1. The number of allylic oxidation sites excluding steroid dienone is 1. The van der Waals surface area contributed by atoms with Crippen LogP contribution in [0.4, 0.5) is 0 Å². The third kappa shape index (κ3) is 2.75. The maximum absolute atomic E-state index is 9.61. The molecule has 0 amide bonds. The summed E-state index contributed by atoms with van der Waals surface area (Å²) in [5.41, 5.74) is 3.71. The van der Waals surface area contributed by atoms with Crippen LogP contribution in [-0.2, 0) is 7.05 Å². The number of hydrogen-bond donors (Lipinski definition) is 0. The number of nitriles is 1. The van der Waals surface area contributed by atoms with E-state index in [1.54, 1.807) is 6.08 Å². The molecule has 0 atom stereocenters. The summed E-state index contributed by atoms with van der Waals surface area (Å²) in [7, 11) is 1.91. The van der Waals surface area contributed by atoms with E-state index < -0.39 is 0 Å². The minimum absolute atomic E-state index is 0.468. The smallest absolute Gasteiger partial charge is 0.134 e. The maximum Gasteiger partial charge on any atom is 0.134 e. The first-order valence-electron chi connectivity index (χ1n) is 7.75. The van der Waals surface area contributed by atoms with Gasteiger partial charge in [-0.2, -0.15) is 5.26 Å². The van der Waals surface area contributed by atoms with Crippen molar-refractivity contribution in [2.75, 3.05) is 0 Å². The van der Waals surface area contributed by atoms with E-state index in [0.717, 1.165) is 21.9 Å². The normalized spacial score (nSPS) is 11.8. The first-order valence-corrected chi connectivity index (χ1v) is 8.13. The second-order valence-corrected chi connectivity index (χ2v) is 6.16. The second-order valence-electron chi connectivity index (χ2n) is 5.72. The van der Waals surface area contributed by atoms with Crippen molar-refractivity contribution in [2.24, 2.45) is 7.05 Å².